The molecule has 7 heteroatoms. The molecule has 0 saturated carbocycles. The van der Waals surface area contributed by atoms with Gasteiger partial charge in [-0.05, 0) is 30.7 Å². The first-order valence-corrected chi connectivity index (χ1v) is 9.08. The predicted octanol–water partition coefficient (Wildman–Crippen LogP) is 2.22. The van der Waals surface area contributed by atoms with Crippen molar-refractivity contribution in [2.24, 2.45) is 0 Å². The van der Waals surface area contributed by atoms with Gasteiger partial charge in [0.15, 0.2) is 0 Å². The van der Waals surface area contributed by atoms with E-state index in [1.165, 1.54) is 6.26 Å². The second-order valence-corrected chi connectivity index (χ2v) is 7.81. The van der Waals surface area contributed by atoms with Gasteiger partial charge in [0.25, 0.3) is 0 Å². The lowest BCUT2D eigenvalue weighted by atomic mass is 10.2. The Labute approximate surface area is 130 Å². The van der Waals surface area contributed by atoms with Gasteiger partial charge in [0, 0.05) is 19.3 Å². The Morgan fingerprint density at radius 2 is 1.90 bits per heavy atom. The normalized spacial score (nSPS) is 12.1. The van der Waals surface area contributed by atoms with Crippen LogP contribution in [-0.4, -0.2) is 50.1 Å². The van der Waals surface area contributed by atoms with Gasteiger partial charge in [0.2, 0.25) is 0 Å². The van der Waals surface area contributed by atoms with Gasteiger partial charge in [0.05, 0.1) is 22.4 Å². The summed E-state index contributed by atoms with van der Waals surface area (Å²) in [5.41, 5.74) is 0.979. The number of aliphatic hydroxyl groups is 1. The van der Waals surface area contributed by atoms with E-state index in [-0.39, 0.29) is 12.4 Å². The summed E-state index contributed by atoms with van der Waals surface area (Å²) >= 11 is 11.8. The van der Waals surface area contributed by atoms with Gasteiger partial charge in [-0.2, -0.15) is 0 Å². The molecule has 0 aliphatic heterocycles. The van der Waals surface area contributed by atoms with E-state index in [0.29, 0.717) is 36.1 Å². The lowest BCUT2D eigenvalue weighted by Gasteiger charge is -2.21. The van der Waals surface area contributed by atoms with E-state index in [1.807, 2.05) is 11.0 Å². The van der Waals surface area contributed by atoms with Gasteiger partial charge in [-0.1, -0.05) is 29.3 Å². The van der Waals surface area contributed by atoms with Crippen molar-refractivity contribution in [3.05, 3.63) is 33.8 Å². The topological polar surface area (TPSA) is 57.6 Å². The van der Waals surface area contributed by atoms with Crippen LogP contribution < -0.4 is 0 Å². The molecule has 1 rings (SSSR count). The number of hydrogen-bond acceptors (Lipinski definition) is 4. The summed E-state index contributed by atoms with van der Waals surface area (Å²) in [6.45, 7) is 1.72. The molecule has 0 spiro atoms. The van der Waals surface area contributed by atoms with E-state index in [0.717, 1.165) is 5.56 Å². The van der Waals surface area contributed by atoms with Crippen molar-refractivity contribution in [2.45, 2.75) is 13.0 Å². The van der Waals surface area contributed by atoms with Crippen molar-refractivity contribution < 1.29 is 13.5 Å². The molecule has 0 unspecified atom stereocenters. The van der Waals surface area contributed by atoms with E-state index in [4.69, 9.17) is 28.3 Å². The molecule has 0 radical (unpaired) electrons. The highest BCUT2D eigenvalue weighted by Gasteiger charge is 2.09. The fourth-order valence-corrected chi connectivity index (χ4v) is 2.83. The van der Waals surface area contributed by atoms with Crippen LogP contribution in [0.25, 0.3) is 0 Å². The van der Waals surface area contributed by atoms with Gasteiger partial charge in [-0.15, -0.1) is 0 Å². The van der Waals surface area contributed by atoms with Crippen LogP contribution in [0.15, 0.2) is 18.2 Å². The fourth-order valence-electron chi connectivity index (χ4n) is 1.86. The average molecular weight is 340 g/mol. The molecule has 4 nitrogen and oxygen atoms in total. The van der Waals surface area contributed by atoms with Gasteiger partial charge in [-0.3, -0.25) is 4.90 Å². The molecule has 0 aliphatic carbocycles. The monoisotopic (exact) mass is 339 g/mol. The minimum absolute atomic E-state index is 0.0280. The molecule has 1 aromatic carbocycles. The van der Waals surface area contributed by atoms with E-state index < -0.39 is 9.84 Å². The lowest BCUT2D eigenvalue weighted by molar-refractivity contribution is 0.190. The summed E-state index contributed by atoms with van der Waals surface area (Å²) in [4.78, 5) is 1.99. The Hall–Kier alpha value is -0.330. The van der Waals surface area contributed by atoms with Crippen molar-refractivity contribution >= 4 is 33.0 Å². The molecule has 114 valence electrons. The molecule has 0 heterocycles. The van der Waals surface area contributed by atoms with Crippen molar-refractivity contribution in [1.82, 2.24) is 4.90 Å². The highest BCUT2D eigenvalue weighted by molar-refractivity contribution is 7.90. The molecular weight excluding hydrogens is 321 g/mol. The zero-order valence-electron chi connectivity index (χ0n) is 11.3. The van der Waals surface area contributed by atoms with Crippen molar-refractivity contribution in [3.63, 3.8) is 0 Å². The molecule has 0 saturated heterocycles. The number of sulfone groups is 1. The third kappa shape index (κ3) is 6.90. The summed E-state index contributed by atoms with van der Waals surface area (Å²) in [6.07, 6.45) is 1.77. The number of hydrogen-bond donors (Lipinski definition) is 1. The molecule has 0 amide bonds. The summed E-state index contributed by atoms with van der Waals surface area (Å²) in [7, 11) is -2.95. The van der Waals surface area contributed by atoms with Crippen LogP contribution in [0.5, 0.6) is 0 Å². The number of rotatable bonds is 8. The molecule has 0 bridgehead atoms. The molecule has 1 aromatic rings. The van der Waals surface area contributed by atoms with E-state index in [9.17, 15) is 8.42 Å². The SMILES string of the molecule is CS(=O)(=O)CCCN(CCO)Cc1ccc(Cl)c(Cl)c1. The lowest BCUT2D eigenvalue weighted by Crippen LogP contribution is -2.28. The van der Waals surface area contributed by atoms with Crippen LogP contribution in [0.1, 0.15) is 12.0 Å². The molecule has 20 heavy (non-hydrogen) atoms. The molecule has 0 fully saturated rings. The predicted molar refractivity (Wildman–Crippen MR) is 83.2 cm³/mol. The zero-order valence-corrected chi connectivity index (χ0v) is 13.7. The molecule has 0 aliphatic rings. The highest BCUT2D eigenvalue weighted by atomic mass is 35.5. The number of nitrogens with zero attached hydrogens (tertiary/aromatic N) is 1. The Balaban J connectivity index is 2.59. The van der Waals surface area contributed by atoms with Crippen LogP contribution >= 0.6 is 23.2 Å². The maximum atomic E-state index is 11.1. The molecular formula is C13H19Cl2NO3S. The molecule has 1 N–H and O–H groups in total. The third-order valence-corrected chi connectivity index (χ3v) is 4.57. The first-order valence-electron chi connectivity index (χ1n) is 6.26. The Morgan fingerprint density at radius 3 is 2.45 bits per heavy atom. The third-order valence-electron chi connectivity index (χ3n) is 2.80. The second kappa shape index (κ2) is 8.20. The first-order chi connectivity index (χ1) is 9.31. The number of aliphatic hydroxyl groups excluding tert-OH is 1. The van der Waals surface area contributed by atoms with Crippen LogP contribution in [0.3, 0.4) is 0 Å². The summed E-state index contributed by atoms with van der Waals surface area (Å²) in [6, 6.07) is 5.38. The summed E-state index contributed by atoms with van der Waals surface area (Å²) in [5, 5.41) is 10.1. The largest absolute Gasteiger partial charge is 0.395 e. The summed E-state index contributed by atoms with van der Waals surface area (Å²) < 4.78 is 22.2. The van der Waals surface area contributed by atoms with E-state index >= 15 is 0 Å². The van der Waals surface area contributed by atoms with Crippen LogP contribution in [0, 0.1) is 0 Å². The van der Waals surface area contributed by atoms with E-state index in [1.54, 1.807) is 12.1 Å². The minimum atomic E-state index is -2.95. The number of halogens is 2. The van der Waals surface area contributed by atoms with Gasteiger partial charge in [-0.25, -0.2) is 8.42 Å². The van der Waals surface area contributed by atoms with Gasteiger partial charge in [0.1, 0.15) is 9.84 Å². The van der Waals surface area contributed by atoms with Crippen LogP contribution in [0.4, 0.5) is 0 Å². The van der Waals surface area contributed by atoms with Crippen molar-refractivity contribution in [3.8, 4) is 0 Å². The summed E-state index contributed by atoms with van der Waals surface area (Å²) in [5.74, 6) is 0.149. The van der Waals surface area contributed by atoms with Gasteiger partial charge >= 0.3 is 0 Å². The smallest absolute Gasteiger partial charge is 0.147 e. The first kappa shape index (κ1) is 17.7. The fraction of sp³-hybridized carbons (Fsp3) is 0.538. The Kier molecular flexibility index (Phi) is 7.26. The zero-order chi connectivity index (χ0) is 15.2. The molecule has 0 aromatic heterocycles. The Morgan fingerprint density at radius 1 is 1.20 bits per heavy atom. The van der Waals surface area contributed by atoms with E-state index in [2.05, 4.69) is 0 Å². The second-order valence-electron chi connectivity index (χ2n) is 4.73. The van der Waals surface area contributed by atoms with Crippen molar-refractivity contribution in [1.29, 1.82) is 0 Å². The van der Waals surface area contributed by atoms with Gasteiger partial charge < -0.3 is 5.11 Å². The maximum absolute atomic E-state index is 11.1. The van der Waals surface area contributed by atoms with Crippen molar-refractivity contribution in [2.75, 3.05) is 31.7 Å². The standard InChI is InChI=1S/C13H19Cl2NO3S/c1-20(18,19)8-2-5-16(6-7-17)10-11-3-4-12(14)13(15)9-11/h3-4,9,17H,2,5-8,10H2,1H3. The average Bonchev–Trinajstić information content (AvgIpc) is 2.32. The highest BCUT2D eigenvalue weighted by Crippen LogP contribution is 2.23. The Bertz CT molecular complexity index is 534. The maximum Gasteiger partial charge on any atom is 0.147 e. The minimum Gasteiger partial charge on any atom is -0.395 e. The van der Waals surface area contributed by atoms with Crippen LogP contribution in [-0.2, 0) is 16.4 Å². The number of benzene rings is 1. The quantitative estimate of drug-likeness (QED) is 0.788. The molecule has 0 atom stereocenters. The van der Waals surface area contributed by atoms with Crippen LogP contribution in [0.2, 0.25) is 10.0 Å².